The monoisotopic (exact) mass is 290 g/mol. The van der Waals surface area contributed by atoms with Crippen molar-refractivity contribution in [3.8, 4) is 0 Å². The van der Waals surface area contributed by atoms with Crippen molar-refractivity contribution in [3.05, 3.63) is 29.3 Å². The zero-order chi connectivity index (χ0) is 16.0. The van der Waals surface area contributed by atoms with Gasteiger partial charge in [-0.1, -0.05) is 39.0 Å². The number of anilines is 1. The summed E-state index contributed by atoms with van der Waals surface area (Å²) in [6.07, 6.45) is 0.828. The third-order valence-corrected chi connectivity index (χ3v) is 3.36. The Morgan fingerprint density at radius 2 is 1.95 bits per heavy atom. The van der Waals surface area contributed by atoms with Crippen LogP contribution < -0.4 is 10.2 Å². The van der Waals surface area contributed by atoms with Gasteiger partial charge in [0.1, 0.15) is 6.54 Å². The van der Waals surface area contributed by atoms with E-state index in [9.17, 15) is 9.59 Å². The van der Waals surface area contributed by atoms with Gasteiger partial charge in [0.25, 0.3) is 0 Å². The molecule has 0 aliphatic rings. The number of carbonyl (C=O) groups is 2. The molecular weight excluding hydrogens is 264 g/mol. The van der Waals surface area contributed by atoms with Crippen LogP contribution in [0.1, 0.15) is 38.8 Å². The van der Waals surface area contributed by atoms with E-state index in [1.807, 2.05) is 39.0 Å². The molecular formula is C17H26N2O2. The van der Waals surface area contributed by atoms with Gasteiger partial charge in [-0.05, 0) is 30.4 Å². The van der Waals surface area contributed by atoms with E-state index in [1.54, 1.807) is 4.90 Å². The molecule has 0 radical (unpaired) electrons. The number of para-hydroxylation sites is 1. The first kappa shape index (κ1) is 17.2. The SMILES string of the molecule is CCc1cccc(C)c1N(CC(=O)NCC(C)C)C(C)=O. The highest BCUT2D eigenvalue weighted by molar-refractivity contribution is 5.98. The van der Waals surface area contributed by atoms with E-state index >= 15 is 0 Å². The number of rotatable bonds is 6. The fraction of sp³-hybridized carbons (Fsp3) is 0.529. The zero-order valence-corrected chi connectivity index (χ0v) is 13.7. The van der Waals surface area contributed by atoms with Crippen LogP contribution in [0.3, 0.4) is 0 Å². The molecule has 1 rings (SSSR count). The van der Waals surface area contributed by atoms with Gasteiger partial charge in [-0.25, -0.2) is 0 Å². The Morgan fingerprint density at radius 3 is 2.48 bits per heavy atom. The lowest BCUT2D eigenvalue weighted by Gasteiger charge is -2.25. The van der Waals surface area contributed by atoms with E-state index in [-0.39, 0.29) is 18.4 Å². The van der Waals surface area contributed by atoms with Crippen molar-refractivity contribution in [1.82, 2.24) is 5.32 Å². The van der Waals surface area contributed by atoms with E-state index in [2.05, 4.69) is 12.2 Å². The molecule has 0 heterocycles. The smallest absolute Gasteiger partial charge is 0.240 e. The summed E-state index contributed by atoms with van der Waals surface area (Å²) < 4.78 is 0. The molecule has 21 heavy (non-hydrogen) atoms. The largest absolute Gasteiger partial charge is 0.354 e. The lowest BCUT2D eigenvalue weighted by molar-refractivity contribution is -0.123. The highest BCUT2D eigenvalue weighted by Gasteiger charge is 2.19. The normalized spacial score (nSPS) is 10.6. The first-order valence-corrected chi connectivity index (χ1v) is 7.50. The van der Waals surface area contributed by atoms with Crippen LogP contribution in [-0.2, 0) is 16.0 Å². The third kappa shape index (κ3) is 4.88. The van der Waals surface area contributed by atoms with Crippen molar-refractivity contribution < 1.29 is 9.59 Å². The average Bonchev–Trinajstić information content (AvgIpc) is 2.42. The van der Waals surface area contributed by atoms with Gasteiger partial charge >= 0.3 is 0 Å². The molecule has 1 N–H and O–H groups in total. The summed E-state index contributed by atoms with van der Waals surface area (Å²) in [6.45, 7) is 10.3. The molecule has 0 aliphatic carbocycles. The molecule has 2 amide bonds. The molecule has 0 aromatic heterocycles. The summed E-state index contributed by atoms with van der Waals surface area (Å²) in [5.74, 6) is 0.160. The number of hydrogen-bond donors (Lipinski definition) is 1. The fourth-order valence-electron chi connectivity index (χ4n) is 2.26. The van der Waals surface area contributed by atoms with Crippen LogP contribution in [-0.4, -0.2) is 24.9 Å². The number of benzene rings is 1. The minimum absolute atomic E-state index is 0.0694. The highest BCUT2D eigenvalue weighted by Crippen LogP contribution is 2.25. The molecule has 0 fully saturated rings. The second kappa shape index (κ2) is 7.81. The summed E-state index contributed by atoms with van der Waals surface area (Å²) in [5.41, 5.74) is 2.97. The Bertz CT molecular complexity index is 510. The maximum Gasteiger partial charge on any atom is 0.240 e. The highest BCUT2D eigenvalue weighted by atomic mass is 16.2. The van der Waals surface area contributed by atoms with Gasteiger partial charge in [-0.15, -0.1) is 0 Å². The van der Waals surface area contributed by atoms with Gasteiger partial charge < -0.3 is 10.2 Å². The summed E-state index contributed by atoms with van der Waals surface area (Å²) in [6, 6.07) is 5.95. The van der Waals surface area contributed by atoms with E-state index < -0.39 is 0 Å². The molecule has 116 valence electrons. The second-order valence-corrected chi connectivity index (χ2v) is 5.74. The minimum atomic E-state index is -0.121. The Hall–Kier alpha value is -1.84. The second-order valence-electron chi connectivity index (χ2n) is 5.74. The van der Waals surface area contributed by atoms with Crippen LogP contribution in [0.15, 0.2) is 18.2 Å². The molecule has 0 unspecified atom stereocenters. The van der Waals surface area contributed by atoms with Crippen molar-refractivity contribution >= 4 is 17.5 Å². The molecule has 0 bridgehead atoms. The first-order valence-electron chi connectivity index (χ1n) is 7.50. The molecule has 0 atom stereocenters. The van der Waals surface area contributed by atoms with Gasteiger partial charge in [0, 0.05) is 13.5 Å². The van der Waals surface area contributed by atoms with Crippen LogP contribution in [0.4, 0.5) is 5.69 Å². The number of carbonyl (C=O) groups excluding carboxylic acids is 2. The van der Waals surface area contributed by atoms with Crippen molar-refractivity contribution in [2.45, 2.75) is 41.0 Å². The van der Waals surface area contributed by atoms with Crippen LogP contribution in [0.2, 0.25) is 0 Å². The Labute approximate surface area is 127 Å². The quantitative estimate of drug-likeness (QED) is 0.875. The van der Waals surface area contributed by atoms with E-state index in [0.29, 0.717) is 12.5 Å². The van der Waals surface area contributed by atoms with Crippen molar-refractivity contribution in [1.29, 1.82) is 0 Å². The molecule has 1 aromatic rings. The summed E-state index contributed by atoms with van der Waals surface area (Å²) in [7, 11) is 0. The van der Waals surface area contributed by atoms with Crippen LogP contribution in [0, 0.1) is 12.8 Å². The lowest BCUT2D eigenvalue weighted by atomic mass is 10.0. The summed E-state index contributed by atoms with van der Waals surface area (Å²) >= 11 is 0. The maximum absolute atomic E-state index is 12.0. The van der Waals surface area contributed by atoms with Gasteiger partial charge in [0.2, 0.25) is 11.8 Å². The fourth-order valence-corrected chi connectivity index (χ4v) is 2.26. The van der Waals surface area contributed by atoms with Crippen LogP contribution in [0.5, 0.6) is 0 Å². The number of nitrogens with one attached hydrogen (secondary N) is 1. The lowest BCUT2D eigenvalue weighted by Crippen LogP contribution is -2.41. The van der Waals surface area contributed by atoms with Crippen LogP contribution >= 0.6 is 0 Å². The Balaban J connectivity index is 2.98. The molecule has 1 aromatic carbocycles. The van der Waals surface area contributed by atoms with Gasteiger partial charge in [0.15, 0.2) is 0 Å². The van der Waals surface area contributed by atoms with E-state index in [0.717, 1.165) is 23.2 Å². The first-order chi connectivity index (χ1) is 9.86. The Kier molecular flexibility index (Phi) is 6.40. The molecule has 4 nitrogen and oxygen atoms in total. The standard InChI is InChI=1S/C17H26N2O2/c1-6-15-9-7-8-13(4)17(15)19(14(5)20)11-16(21)18-10-12(2)3/h7-9,12H,6,10-11H2,1-5H3,(H,18,21). The molecule has 0 saturated heterocycles. The number of hydrogen-bond acceptors (Lipinski definition) is 2. The third-order valence-electron chi connectivity index (χ3n) is 3.36. The van der Waals surface area contributed by atoms with Gasteiger partial charge in [-0.2, -0.15) is 0 Å². The summed E-state index contributed by atoms with van der Waals surface area (Å²) in [5, 5.41) is 2.86. The van der Waals surface area contributed by atoms with Gasteiger partial charge in [-0.3, -0.25) is 9.59 Å². The van der Waals surface area contributed by atoms with Crippen LogP contribution in [0.25, 0.3) is 0 Å². The topological polar surface area (TPSA) is 49.4 Å². The zero-order valence-electron chi connectivity index (χ0n) is 13.7. The van der Waals surface area contributed by atoms with Crippen molar-refractivity contribution in [2.75, 3.05) is 18.0 Å². The molecule has 4 heteroatoms. The summed E-state index contributed by atoms with van der Waals surface area (Å²) in [4.78, 5) is 25.6. The number of aryl methyl sites for hydroxylation is 2. The minimum Gasteiger partial charge on any atom is -0.354 e. The maximum atomic E-state index is 12.0. The molecule has 0 aliphatic heterocycles. The van der Waals surface area contributed by atoms with E-state index in [4.69, 9.17) is 0 Å². The number of nitrogens with zero attached hydrogens (tertiary/aromatic N) is 1. The molecule has 0 spiro atoms. The average molecular weight is 290 g/mol. The van der Waals surface area contributed by atoms with E-state index in [1.165, 1.54) is 6.92 Å². The van der Waals surface area contributed by atoms with Gasteiger partial charge in [0.05, 0.1) is 5.69 Å². The predicted octanol–water partition coefficient (Wildman–Crippen LogP) is 2.68. The van der Waals surface area contributed by atoms with Crippen molar-refractivity contribution in [2.24, 2.45) is 5.92 Å². The Morgan fingerprint density at radius 1 is 1.29 bits per heavy atom. The van der Waals surface area contributed by atoms with Crippen molar-refractivity contribution in [3.63, 3.8) is 0 Å². The molecule has 0 saturated carbocycles. The predicted molar refractivity (Wildman–Crippen MR) is 86.4 cm³/mol. The number of amides is 2.